The summed E-state index contributed by atoms with van der Waals surface area (Å²) in [4.78, 5) is 35.8. The predicted molar refractivity (Wildman–Crippen MR) is 109 cm³/mol. The molecule has 3 aromatic rings. The number of carbonyl (C=O) groups excluding carboxylic acids is 2. The van der Waals surface area contributed by atoms with E-state index in [9.17, 15) is 14.4 Å². The van der Waals surface area contributed by atoms with E-state index in [1.54, 1.807) is 37.3 Å². The number of rotatable bonds is 6. The van der Waals surface area contributed by atoms with Crippen LogP contribution in [0.25, 0.3) is 11.0 Å². The molecule has 6 nitrogen and oxygen atoms in total. The Morgan fingerprint density at radius 2 is 1.86 bits per heavy atom. The van der Waals surface area contributed by atoms with E-state index in [1.165, 1.54) is 20.1 Å². The molecule has 0 radical (unpaired) electrons. The Balaban J connectivity index is 1.81. The average Bonchev–Trinajstić information content (AvgIpc) is 2.67. The summed E-state index contributed by atoms with van der Waals surface area (Å²) in [5.74, 6) is -0.152. The van der Waals surface area contributed by atoms with Gasteiger partial charge in [0.25, 0.3) is 0 Å². The van der Waals surface area contributed by atoms with Crippen molar-refractivity contribution in [3.63, 3.8) is 0 Å². The van der Waals surface area contributed by atoms with Gasteiger partial charge in [0.2, 0.25) is 0 Å². The molecule has 1 heterocycles. The third kappa shape index (κ3) is 4.66. The maximum atomic E-state index is 12.4. The van der Waals surface area contributed by atoms with E-state index in [1.807, 2.05) is 0 Å². The fraction of sp³-hybridized carbons (Fsp3) is 0.227. The third-order valence-electron chi connectivity index (χ3n) is 4.52. The standard InChI is InChI=1S/C22H19ClO6/c1-12-6-20-17(10-18(12)23)16(9-22(26)29-20)11-28-21(25)8-15-7-14(13(2)24)4-5-19(15)27-3/h4-7,9-10H,8,11H2,1-3H3. The Morgan fingerprint density at radius 1 is 1.10 bits per heavy atom. The lowest BCUT2D eigenvalue weighted by molar-refractivity contribution is -0.144. The fourth-order valence-electron chi connectivity index (χ4n) is 2.97. The summed E-state index contributed by atoms with van der Waals surface area (Å²) in [5.41, 5.74) is 2.12. The minimum absolute atomic E-state index is 0.0798. The largest absolute Gasteiger partial charge is 0.496 e. The molecule has 0 aliphatic carbocycles. The molecule has 0 bridgehead atoms. The van der Waals surface area contributed by atoms with E-state index in [0.717, 1.165) is 5.56 Å². The number of aryl methyl sites for hydroxylation is 1. The molecule has 0 saturated heterocycles. The van der Waals surface area contributed by atoms with E-state index in [-0.39, 0.29) is 18.8 Å². The van der Waals surface area contributed by atoms with Crippen LogP contribution in [0.1, 0.15) is 34.0 Å². The van der Waals surface area contributed by atoms with E-state index in [2.05, 4.69) is 0 Å². The molecular formula is C22H19ClO6. The van der Waals surface area contributed by atoms with Crippen LogP contribution in [0.5, 0.6) is 5.75 Å². The monoisotopic (exact) mass is 414 g/mol. The van der Waals surface area contributed by atoms with Crippen LogP contribution in [0.2, 0.25) is 5.02 Å². The maximum Gasteiger partial charge on any atom is 0.336 e. The molecular weight excluding hydrogens is 396 g/mol. The molecule has 3 rings (SSSR count). The van der Waals surface area contributed by atoms with Crippen molar-refractivity contribution in [3.05, 3.63) is 74.1 Å². The zero-order valence-corrected chi connectivity index (χ0v) is 17.0. The van der Waals surface area contributed by atoms with Gasteiger partial charge in [-0.05, 0) is 49.7 Å². The number of benzene rings is 2. The SMILES string of the molecule is COc1ccc(C(C)=O)cc1CC(=O)OCc1cc(=O)oc2cc(C)c(Cl)cc12. The van der Waals surface area contributed by atoms with Crippen molar-refractivity contribution in [1.29, 1.82) is 0 Å². The van der Waals surface area contributed by atoms with Crippen molar-refractivity contribution >= 4 is 34.3 Å². The number of hydrogen-bond acceptors (Lipinski definition) is 6. The second kappa shape index (κ2) is 8.49. The molecule has 0 amide bonds. The highest BCUT2D eigenvalue weighted by Gasteiger charge is 2.14. The van der Waals surface area contributed by atoms with Crippen molar-refractivity contribution in [3.8, 4) is 5.75 Å². The summed E-state index contributed by atoms with van der Waals surface area (Å²) in [6, 6.07) is 9.51. The Hall–Kier alpha value is -3.12. The minimum Gasteiger partial charge on any atom is -0.496 e. The van der Waals surface area contributed by atoms with Crippen LogP contribution in [-0.2, 0) is 22.6 Å². The molecule has 0 atom stereocenters. The fourth-order valence-corrected chi connectivity index (χ4v) is 3.13. The van der Waals surface area contributed by atoms with Gasteiger partial charge in [-0.25, -0.2) is 4.79 Å². The summed E-state index contributed by atoms with van der Waals surface area (Å²) in [6.45, 7) is 3.13. The first-order valence-corrected chi connectivity index (χ1v) is 9.22. The molecule has 150 valence electrons. The van der Waals surface area contributed by atoms with Crippen LogP contribution in [-0.4, -0.2) is 18.9 Å². The van der Waals surface area contributed by atoms with E-state index < -0.39 is 11.6 Å². The van der Waals surface area contributed by atoms with Gasteiger partial charge < -0.3 is 13.9 Å². The first-order chi connectivity index (χ1) is 13.8. The number of ether oxygens (including phenoxy) is 2. The number of Topliss-reactive ketones (excluding diaryl/α,β-unsaturated/α-hetero) is 1. The zero-order chi connectivity index (χ0) is 21.1. The van der Waals surface area contributed by atoms with Gasteiger partial charge in [-0.1, -0.05) is 11.6 Å². The average molecular weight is 415 g/mol. The van der Waals surface area contributed by atoms with Gasteiger partial charge in [-0.3, -0.25) is 9.59 Å². The third-order valence-corrected chi connectivity index (χ3v) is 4.93. The number of ketones is 1. The van der Waals surface area contributed by atoms with Gasteiger partial charge in [0.05, 0.1) is 13.5 Å². The topological polar surface area (TPSA) is 82.8 Å². The van der Waals surface area contributed by atoms with Gasteiger partial charge in [0.15, 0.2) is 5.78 Å². The molecule has 7 heteroatoms. The summed E-state index contributed by atoms with van der Waals surface area (Å²) in [5, 5.41) is 1.12. The molecule has 0 N–H and O–H groups in total. The minimum atomic E-state index is -0.541. The van der Waals surface area contributed by atoms with Crippen LogP contribution in [0.4, 0.5) is 0 Å². The van der Waals surface area contributed by atoms with Gasteiger partial charge in [0.1, 0.15) is 17.9 Å². The van der Waals surface area contributed by atoms with Gasteiger partial charge in [0, 0.05) is 33.2 Å². The van der Waals surface area contributed by atoms with Gasteiger partial charge >= 0.3 is 11.6 Å². The Morgan fingerprint density at radius 3 is 2.55 bits per heavy atom. The van der Waals surface area contributed by atoms with Crippen LogP contribution in [0.3, 0.4) is 0 Å². The summed E-state index contributed by atoms with van der Waals surface area (Å²) >= 11 is 6.17. The molecule has 2 aromatic carbocycles. The first kappa shape index (κ1) is 20.6. The lowest BCUT2D eigenvalue weighted by atomic mass is 10.0. The van der Waals surface area contributed by atoms with E-state index in [4.69, 9.17) is 25.5 Å². The van der Waals surface area contributed by atoms with Crippen molar-refractivity contribution in [1.82, 2.24) is 0 Å². The molecule has 0 aliphatic heterocycles. The number of hydrogen-bond donors (Lipinski definition) is 0. The smallest absolute Gasteiger partial charge is 0.336 e. The van der Waals surface area contributed by atoms with Crippen molar-refractivity contribution < 1.29 is 23.5 Å². The van der Waals surface area contributed by atoms with Crippen molar-refractivity contribution in [2.75, 3.05) is 7.11 Å². The second-order valence-electron chi connectivity index (χ2n) is 6.61. The number of carbonyl (C=O) groups is 2. The number of methoxy groups -OCH3 is 1. The summed E-state index contributed by atoms with van der Waals surface area (Å²) < 4.78 is 15.8. The summed E-state index contributed by atoms with van der Waals surface area (Å²) in [7, 11) is 1.48. The van der Waals surface area contributed by atoms with E-state index in [0.29, 0.717) is 38.4 Å². The Labute approximate surface area is 172 Å². The van der Waals surface area contributed by atoms with Crippen molar-refractivity contribution in [2.45, 2.75) is 26.9 Å². The molecule has 0 saturated carbocycles. The molecule has 0 fully saturated rings. The van der Waals surface area contributed by atoms with Crippen LogP contribution >= 0.6 is 11.6 Å². The second-order valence-corrected chi connectivity index (χ2v) is 7.02. The quantitative estimate of drug-likeness (QED) is 0.340. The number of halogens is 1. The van der Waals surface area contributed by atoms with Crippen LogP contribution in [0, 0.1) is 6.92 Å². The number of esters is 1. The lowest BCUT2D eigenvalue weighted by Crippen LogP contribution is -2.11. The van der Waals surface area contributed by atoms with Gasteiger partial charge in [-0.2, -0.15) is 0 Å². The normalized spacial score (nSPS) is 10.8. The molecule has 1 aromatic heterocycles. The first-order valence-electron chi connectivity index (χ1n) is 8.85. The summed E-state index contributed by atoms with van der Waals surface area (Å²) in [6.07, 6.45) is -0.0798. The number of fused-ring (bicyclic) bond motifs is 1. The molecule has 0 aliphatic rings. The highest BCUT2D eigenvalue weighted by molar-refractivity contribution is 6.32. The van der Waals surface area contributed by atoms with Gasteiger partial charge in [-0.15, -0.1) is 0 Å². The maximum absolute atomic E-state index is 12.4. The molecule has 0 spiro atoms. The highest BCUT2D eigenvalue weighted by atomic mass is 35.5. The van der Waals surface area contributed by atoms with E-state index >= 15 is 0 Å². The van der Waals surface area contributed by atoms with Crippen LogP contribution < -0.4 is 10.4 Å². The molecule has 0 unspecified atom stereocenters. The lowest BCUT2D eigenvalue weighted by Gasteiger charge is -2.11. The Bertz CT molecular complexity index is 1160. The zero-order valence-electron chi connectivity index (χ0n) is 16.2. The molecule has 29 heavy (non-hydrogen) atoms. The predicted octanol–water partition coefficient (Wildman–Crippen LogP) is 4.25. The Kier molecular flexibility index (Phi) is 6.03. The highest BCUT2D eigenvalue weighted by Crippen LogP contribution is 2.26. The van der Waals surface area contributed by atoms with Crippen LogP contribution in [0.15, 0.2) is 45.6 Å². The van der Waals surface area contributed by atoms with Crippen molar-refractivity contribution in [2.24, 2.45) is 0 Å².